The van der Waals surface area contributed by atoms with Crippen molar-refractivity contribution in [2.24, 2.45) is 0 Å². The number of pyridine rings is 1. The average Bonchev–Trinajstić information content (AvgIpc) is 2.03. The van der Waals surface area contributed by atoms with E-state index in [-0.39, 0.29) is 0 Å². The van der Waals surface area contributed by atoms with Crippen molar-refractivity contribution >= 4 is 16.6 Å². The van der Waals surface area contributed by atoms with Crippen LogP contribution in [0.15, 0.2) is 18.3 Å². The average molecular weight is 255 g/mol. The highest BCUT2D eigenvalue weighted by molar-refractivity contribution is 6.71. The standard InChI is InChI=1S/C11H21NO2Si2/c1-15(2,3)13-10-8-7-9-12-11(10)14-16(4,5)6/h7-9H,1-6H3. The number of rotatable bonds is 4. The second-order valence-corrected chi connectivity index (χ2v) is 14.6. The van der Waals surface area contributed by atoms with Gasteiger partial charge in [-0.3, -0.25) is 0 Å². The van der Waals surface area contributed by atoms with Crippen molar-refractivity contribution in [1.29, 1.82) is 0 Å². The van der Waals surface area contributed by atoms with Crippen molar-refractivity contribution < 1.29 is 8.85 Å². The lowest BCUT2D eigenvalue weighted by atomic mass is 10.4. The van der Waals surface area contributed by atoms with Crippen LogP contribution < -0.4 is 8.85 Å². The minimum absolute atomic E-state index is 0.643. The number of nitrogens with zero attached hydrogens (tertiary/aromatic N) is 1. The van der Waals surface area contributed by atoms with E-state index in [0.717, 1.165) is 5.75 Å². The first kappa shape index (κ1) is 13.2. The molecule has 1 heterocycles. The summed E-state index contributed by atoms with van der Waals surface area (Å²) in [7, 11) is -3.24. The van der Waals surface area contributed by atoms with Crippen LogP contribution in [-0.2, 0) is 0 Å². The zero-order valence-electron chi connectivity index (χ0n) is 11.0. The minimum Gasteiger partial charge on any atom is -0.541 e. The fourth-order valence-corrected chi connectivity index (χ4v) is 2.70. The third kappa shape index (κ3) is 4.80. The van der Waals surface area contributed by atoms with Gasteiger partial charge in [-0.15, -0.1) is 0 Å². The van der Waals surface area contributed by atoms with Gasteiger partial charge >= 0.3 is 0 Å². The molecule has 1 aromatic heterocycles. The van der Waals surface area contributed by atoms with Gasteiger partial charge in [-0.25, -0.2) is 4.98 Å². The van der Waals surface area contributed by atoms with Crippen molar-refractivity contribution in [3.63, 3.8) is 0 Å². The van der Waals surface area contributed by atoms with Gasteiger partial charge < -0.3 is 8.85 Å². The summed E-state index contributed by atoms with van der Waals surface area (Å²) in [6.07, 6.45) is 1.74. The molecule has 0 amide bonds. The summed E-state index contributed by atoms with van der Waals surface area (Å²) in [6.45, 7) is 12.9. The molecule has 0 radical (unpaired) electrons. The Balaban J connectivity index is 2.92. The summed E-state index contributed by atoms with van der Waals surface area (Å²) in [5, 5.41) is 0. The van der Waals surface area contributed by atoms with E-state index in [1.807, 2.05) is 12.1 Å². The molecule has 1 aromatic rings. The molecule has 0 bridgehead atoms. The van der Waals surface area contributed by atoms with E-state index in [9.17, 15) is 0 Å². The molecule has 0 aliphatic rings. The van der Waals surface area contributed by atoms with Gasteiger partial charge in [-0.2, -0.15) is 0 Å². The number of aromatic nitrogens is 1. The van der Waals surface area contributed by atoms with Crippen LogP contribution in [0.1, 0.15) is 0 Å². The lowest BCUT2D eigenvalue weighted by Gasteiger charge is -2.24. The third-order valence-electron chi connectivity index (χ3n) is 1.56. The summed E-state index contributed by atoms with van der Waals surface area (Å²) in [5.74, 6) is 1.42. The molecule has 0 fully saturated rings. The van der Waals surface area contributed by atoms with E-state index in [1.165, 1.54) is 0 Å². The molecule has 1 rings (SSSR count). The summed E-state index contributed by atoms with van der Waals surface area (Å²) < 4.78 is 11.9. The molecule has 0 saturated heterocycles. The topological polar surface area (TPSA) is 31.4 Å². The molecule has 90 valence electrons. The smallest absolute Gasteiger partial charge is 0.244 e. The maximum absolute atomic E-state index is 5.95. The van der Waals surface area contributed by atoms with E-state index in [0.29, 0.717) is 5.88 Å². The van der Waals surface area contributed by atoms with Crippen LogP contribution in [0.4, 0.5) is 0 Å². The van der Waals surface area contributed by atoms with Crippen molar-refractivity contribution in [3.8, 4) is 11.6 Å². The second-order valence-electron chi connectivity index (χ2n) is 5.74. The van der Waals surface area contributed by atoms with Crippen LogP contribution in [-0.4, -0.2) is 21.6 Å². The molecule has 0 spiro atoms. The lowest BCUT2D eigenvalue weighted by Crippen LogP contribution is -2.32. The Morgan fingerprint density at radius 1 is 0.938 bits per heavy atom. The molecule has 0 unspecified atom stereocenters. The zero-order valence-corrected chi connectivity index (χ0v) is 13.0. The normalized spacial score (nSPS) is 12.4. The lowest BCUT2D eigenvalue weighted by molar-refractivity contribution is 0.472. The Kier molecular flexibility index (Phi) is 3.80. The molecule has 0 saturated carbocycles. The Morgan fingerprint density at radius 3 is 2.00 bits per heavy atom. The van der Waals surface area contributed by atoms with Crippen molar-refractivity contribution in [1.82, 2.24) is 4.98 Å². The Bertz CT molecular complexity index is 321. The maximum Gasteiger partial charge on any atom is 0.244 e. The van der Waals surface area contributed by atoms with Crippen LogP contribution in [0, 0.1) is 0 Å². The monoisotopic (exact) mass is 255 g/mol. The van der Waals surface area contributed by atoms with Gasteiger partial charge in [0.1, 0.15) is 0 Å². The van der Waals surface area contributed by atoms with Crippen molar-refractivity contribution in [3.05, 3.63) is 18.3 Å². The van der Waals surface area contributed by atoms with Crippen LogP contribution in [0.3, 0.4) is 0 Å². The van der Waals surface area contributed by atoms with E-state index in [1.54, 1.807) is 6.20 Å². The second kappa shape index (κ2) is 4.59. The summed E-state index contributed by atoms with van der Waals surface area (Å²) in [5.41, 5.74) is 0. The van der Waals surface area contributed by atoms with Crippen LogP contribution >= 0.6 is 0 Å². The predicted molar refractivity (Wildman–Crippen MR) is 72.2 cm³/mol. The van der Waals surface area contributed by atoms with Crippen molar-refractivity contribution in [2.75, 3.05) is 0 Å². The minimum atomic E-state index is -1.63. The van der Waals surface area contributed by atoms with Gasteiger partial charge in [0.2, 0.25) is 22.5 Å². The Morgan fingerprint density at radius 2 is 1.50 bits per heavy atom. The van der Waals surface area contributed by atoms with Gasteiger partial charge in [0.05, 0.1) is 0 Å². The maximum atomic E-state index is 5.95. The number of hydrogen-bond donors (Lipinski definition) is 0. The molecule has 0 N–H and O–H groups in total. The SMILES string of the molecule is C[Si](C)(C)Oc1cccnc1O[Si](C)(C)C. The van der Waals surface area contributed by atoms with E-state index < -0.39 is 16.6 Å². The van der Waals surface area contributed by atoms with Gasteiger partial charge in [0, 0.05) is 6.20 Å². The molecule has 0 atom stereocenters. The van der Waals surface area contributed by atoms with Gasteiger partial charge in [-0.05, 0) is 51.4 Å². The van der Waals surface area contributed by atoms with Gasteiger partial charge in [-0.1, -0.05) is 0 Å². The van der Waals surface area contributed by atoms with E-state index in [4.69, 9.17) is 8.85 Å². The molecule has 0 aromatic carbocycles. The fraction of sp³-hybridized carbons (Fsp3) is 0.545. The molecule has 3 nitrogen and oxygen atoms in total. The van der Waals surface area contributed by atoms with Gasteiger partial charge in [0.15, 0.2) is 5.75 Å². The third-order valence-corrected chi connectivity index (χ3v) is 3.19. The first-order chi connectivity index (χ1) is 7.17. The quantitative estimate of drug-likeness (QED) is 0.772. The van der Waals surface area contributed by atoms with Crippen LogP contribution in [0.5, 0.6) is 11.6 Å². The van der Waals surface area contributed by atoms with Gasteiger partial charge in [0.25, 0.3) is 0 Å². The van der Waals surface area contributed by atoms with Crippen molar-refractivity contribution in [2.45, 2.75) is 39.3 Å². The largest absolute Gasteiger partial charge is 0.541 e. The molecule has 0 aliphatic heterocycles. The first-order valence-electron chi connectivity index (χ1n) is 5.50. The number of hydrogen-bond acceptors (Lipinski definition) is 3. The van der Waals surface area contributed by atoms with Crippen LogP contribution in [0.2, 0.25) is 39.3 Å². The summed E-state index contributed by atoms with van der Waals surface area (Å²) in [4.78, 5) is 4.26. The molecule has 16 heavy (non-hydrogen) atoms. The van der Waals surface area contributed by atoms with E-state index >= 15 is 0 Å². The molecular weight excluding hydrogens is 234 g/mol. The Labute approximate surface area is 100 Å². The molecule has 0 aliphatic carbocycles. The van der Waals surface area contributed by atoms with Crippen LogP contribution in [0.25, 0.3) is 0 Å². The summed E-state index contributed by atoms with van der Waals surface area (Å²) in [6, 6.07) is 3.81. The first-order valence-corrected chi connectivity index (χ1v) is 12.3. The zero-order chi connectivity index (χ0) is 12.4. The fourth-order valence-electron chi connectivity index (χ4n) is 1.15. The highest BCUT2D eigenvalue weighted by Crippen LogP contribution is 2.28. The molecular formula is C11H21NO2Si2. The van der Waals surface area contributed by atoms with E-state index in [2.05, 4.69) is 44.3 Å². The Hall–Kier alpha value is -0.816. The summed E-state index contributed by atoms with van der Waals surface area (Å²) >= 11 is 0. The molecule has 5 heteroatoms. The highest BCUT2D eigenvalue weighted by Gasteiger charge is 2.23. The predicted octanol–water partition coefficient (Wildman–Crippen LogP) is 3.51. The highest BCUT2D eigenvalue weighted by atomic mass is 28.4.